The summed E-state index contributed by atoms with van der Waals surface area (Å²) in [6.45, 7) is 2.92. The van der Waals surface area contributed by atoms with E-state index in [-0.39, 0.29) is 0 Å². The van der Waals surface area contributed by atoms with Crippen molar-refractivity contribution in [1.82, 2.24) is 9.78 Å². The van der Waals surface area contributed by atoms with Crippen LogP contribution >= 0.6 is 0 Å². The van der Waals surface area contributed by atoms with Gasteiger partial charge in [0.2, 0.25) is 0 Å². The lowest BCUT2D eigenvalue weighted by Gasteiger charge is -2.02. The van der Waals surface area contributed by atoms with Gasteiger partial charge in [-0.25, -0.2) is 0 Å². The third-order valence-electron chi connectivity index (χ3n) is 1.93. The van der Waals surface area contributed by atoms with Gasteiger partial charge in [-0.3, -0.25) is 4.68 Å². The first-order valence-electron chi connectivity index (χ1n) is 4.28. The number of nitrogens with zero attached hydrogens (tertiary/aromatic N) is 2. The van der Waals surface area contributed by atoms with E-state index in [0.29, 0.717) is 0 Å². The second-order valence-corrected chi connectivity index (χ2v) is 3.13. The maximum absolute atomic E-state index is 4.10. The molecule has 1 heterocycles. The zero-order valence-corrected chi connectivity index (χ0v) is 7.57. The fraction of sp³-hybridized carbons (Fsp3) is 0.182. The van der Waals surface area contributed by atoms with Gasteiger partial charge in [0.1, 0.15) is 0 Å². The molecule has 0 aliphatic rings. The summed E-state index contributed by atoms with van der Waals surface area (Å²) in [6, 6.07) is 11.4. The third kappa shape index (κ3) is 1.96. The summed E-state index contributed by atoms with van der Waals surface area (Å²) in [5.74, 6) is 0. The van der Waals surface area contributed by atoms with Crippen LogP contribution in [-0.4, -0.2) is 9.78 Å². The Morgan fingerprint density at radius 3 is 3.08 bits per heavy atom. The van der Waals surface area contributed by atoms with Gasteiger partial charge in [-0.1, -0.05) is 29.8 Å². The molecule has 1 aromatic heterocycles. The normalized spacial score (nSPS) is 10.2. The molecule has 2 aromatic rings. The molecule has 0 fully saturated rings. The van der Waals surface area contributed by atoms with Crippen LogP contribution in [0.2, 0.25) is 0 Å². The minimum Gasteiger partial charge on any atom is -0.268 e. The average molecular weight is 171 g/mol. The average Bonchev–Trinajstić information content (AvgIpc) is 2.57. The van der Waals surface area contributed by atoms with E-state index in [4.69, 9.17) is 0 Å². The molecule has 0 atom stereocenters. The summed E-state index contributed by atoms with van der Waals surface area (Å²) in [6.07, 6.45) is 3.53. The summed E-state index contributed by atoms with van der Waals surface area (Å²) in [4.78, 5) is 0. The molecule has 0 spiro atoms. The summed E-state index contributed by atoms with van der Waals surface area (Å²) >= 11 is 0. The lowest BCUT2D eigenvalue weighted by Crippen LogP contribution is -1.99. The highest BCUT2D eigenvalue weighted by atomic mass is 15.3. The van der Waals surface area contributed by atoms with Gasteiger partial charge in [0.25, 0.3) is 0 Å². The van der Waals surface area contributed by atoms with Crippen LogP contribution in [0.15, 0.2) is 36.7 Å². The second kappa shape index (κ2) is 3.44. The van der Waals surface area contributed by atoms with Crippen LogP contribution in [0, 0.1) is 13.0 Å². The monoisotopic (exact) mass is 171 g/mol. The van der Waals surface area contributed by atoms with Gasteiger partial charge in [-0.05, 0) is 12.5 Å². The van der Waals surface area contributed by atoms with Crippen molar-refractivity contribution in [3.63, 3.8) is 0 Å². The van der Waals surface area contributed by atoms with E-state index in [2.05, 4.69) is 42.4 Å². The Morgan fingerprint density at radius 1 is 1.46 bits per heavy atom. The molecule has 13 heavy (non-hydrogen) atoms. The van der Waals surface area contributed by atoms with E-state index >= 15 is 0 Å². The molecule has 0 saturated carbocycles. The van der Waals surface area contributed by atoms with Crippen LogP contribution in [0.3, 0.4) is 0 Å². The fourth-order valence-electron chi connectivity index (χ4n) is 1.34. The van der Waals surface area contributed by atoms with Crippen LogP contribution in [-0.2, 0) is 6.54 Å². The lowest BCUT2D eigenvalue weighted by atomic mass is 10.1. The predicted molar refractivity (Wildman–Crippen MR) is 51.3 cm³/mol. The van der Waals surface area contributed by atoms with Crippen LogP contribution < -0.4 is 0 Å². The molecule has 0 amide bonds. The highest BCUT2D eigenvalue weighted by molar-refractivity contribution is 5.22. The molecule has 65 valence electrons. The first-order valence-corrected chi connectivity index (χ1v) is 4.28. The Labute approximate surface area is 77.8 Å². The molecule has 2 nitrogen and oxygen atoms in total. The third-order valence-corrected chi connectivity index (χ3v) is 1.93. The minimum absolute atomic E-state index is 0.825. The van der Waals surface area contributed by atoms with E-state index in [1.54, 1.807) is 6.20 Å². The molecule has 1 radical (unpaired) electrons. The molecule has 0 aliphatic heterocycles. The van der Waals surface area contributed by atoms with Crippen LogP contribution in [0.4, 0.5) is 0 Å². The number of aryl methyl sites for hydroxylation is 1. The number of benzene rings is 1. The Bertz CT molecular complexity index is 377. The first kappa shape index (κ1) is 8.05. The van der Waals surface area contributed by atoms with Crippen LogP contribution in [0.5, 0.6) is 0 Å². The van der Waals surface area contributed by atoms with E-state index < -0.39 is 0 Å². The molecule has 2 rings (SSSR count). The van der Waals surface area contributed by atoms with Gasteiger partial charge in [0.05, 0.1) is 12.7 Å². The molecule has 0 saturated heterocycles. The highest BCUT2D eigenvalue weighted by Gasteiger charge is 1.94. The van der Waals surface area contributed by atoms with Gasteiger partial charge >= 0.3 is 0 Å². The molecule has 1 aromatic carbocycles. The van der Waals surface area contributed by atoms with E-state index in [0.717, 1.165) is 6.54 Å². The standard InChI is InChI=1S/C11H11N2/c1-10-4-2-5-11(8-10)9-13-7-3-6-12-13/h2,4-8H,9H2,1H3. The Balaban J connectivity index is 2.19. The number of aromatic nitrogens is 2. The van der Waals surface area contributed by atoms with Gasteiger partial charge < -0.3 is 0 Å². The van der Waals surface area contributed by atoms with Crippen molar-refractivity contribution in [2.45, 2.75) is 13.5 Å². The smallest absolute Gasteiger partial charge is 0.0659 e. The zero-order chi connectivity index (χ0) is 9.10. The summed E-state index contributed by atoms with van der Waals surface area (Å²) in [5, 5.41) is 4.10. The number of hydrogen-bond acceptors (Lipinski definition) is 1. The molecular formula is C11H11N2. The Hall–Kier alpha value is -1.57. The van der Waals surface area contributed by atoms with Crippen molar-refractivity contribution in [3.8, 4) is 0 Å². The summed E-state index contributed by atoms with van der Waals surface area (Å²) < 4.78 is 1.87. The van der Waals surface area contributed by atoms with Crippen molar-refractivity contribution in [1.29, 1.82) is 0 Å². The second-order valence-electron chi connectivity index (χ2n) is 3.13. The summed E-state index contributed by atoms with van der Waals surface area (Å²) in [7, 11) is 0. The molecule has 0 unspecified atom stereocenters. The molecule has 0 N–H and O–H groups in total. The van der Waals surface area contributed by atoms with Crippen molar-refractivity contribution < 1.29 is 0 Å². The lowest BCUT2D eigenvalue weighted by molar-refractivity contribution is 0.686. The fourth-order valence-corrected chi connectivity index (χ4v) is 1.34. The van der Waals surface area contributed by atoms with Crippen LogP contribution in [0.1, 0.15) is 11.1 Å². The van der Waals surface area contributed by atoms with E-state index in [1.165, 1.54) is 11.1 Å². The summed E-state index contributed by atoms with van der Waals surface area (Å²) in [5.41, 5.74) is 2.56. The van der Waals surface area contributed by atoms with E-state index in [1.807, 2.05) is 10.9 Å². The topological polar surface area (TPSA) is 17.8 Å². The van der Waals surface area contributed by atoms with Crippen molar-refractivity contribution in [3.05, 3.63) is 53.9 Å². The predicted octanol–water partition coefficient (Wildman–Crippen LogP) is 2.04. The van der Waals surface area contributed by atoms with E-state index in [9.17, 15) is 0 Å². The van der Waals surface area contributed by atoms with Crippen molar-refractivity contribution in [2.24, 2.45) is 0 Å². The SMILES string of the molecule is Cc1cccc(Cn2c[c]cn2)c1. The van der Waals surface area contributed by atoms with Gasteiger partial charge in [0.15, 0.2) is 0 Å². The first-order chi connectivity index (χ1) is 6.34. The molecule has 2 heteroatoms. The number of hydrogen-bond donors (Lipinski definition) is 0. The largest absolute Gasteiger partial charge is 0.268 e. The maximum Gasteiger partial charge on any atom is 0.0659 e. The minimum atomic E-state index is 0.825. The zero-order valence-electron chi connectivity index (χ0n) is 7.57. The Morgan fingerprint density at radius 2 is 2.38 bits per heavy atom. The van der Waals surface area contributed by atoms with Crippen molar-refractivity contribution >= 4 is 0 Å². The van der Waals surface area contributed by atoms with Gasteiger partial charge in [-0.15, -0.1) is 0 Å². The van der Waals surface area contributed by atoms with Crippen LogP contribution in [0.25, 0.3) is 0 Å². The number of rotatable bonds is 2. The highest BCUT2D eigenvalue weighted by Crippen LogP contribution is 2.04. The van der Waals surface area contributed by atoms with Crippen molar-refractivity contribution in [2.75, 3.05) is 0 Å². The molecular weight excluding hydrogens is 160 g/mol. The van der Waals surface area contributed by atoms with Gasteiger partial charge in [0, 0.05) is 12.3 Å². The maximum atomic E-state index is 4.10. The van der Waals surface area contributed by atoms with Gasteiger partial charge in [-0.2, -0.15) is 5.10 Å². The molecule has 0 aliphatic carbocycles. The quantitative estimate of drug-likeness (QED) is 0.676. The Kier molecular flexibility index (Phi) is 2.13. The molecule has 0 bridgehead atoms.